The van der Waals surface area contributed by atoms with E-state index in [4.69, 9.17) is 9.84 Å². The second-order valence-electron chi connectivity index (χ2n) is 8.40. The monoisotopic (exact) mass is 350 g/mol. The van der Waals surface area contributed by atoms with E-state index in [1.807, 2.05) is 13.8 Å². The van der Waals surface area contributed by atoms with Crippen molar-refractivity contribution in [1.29, 1.82) is 0 Å². The van der Waals surface area contributed by atoms with Crippen molar-refractivity contribution in [3.63, 3.8) is 0 Å². The first-order chi connectivity index (χ1) is 10.5. The minimum absolute atomic E-state index is 0.147. The zero-order valence-corrected chi connectivity index (χ0v) is 16.7. The van der Waals surface area contributed by atoms with Crippen molar-refractivity contribution in [3.05, 3.63) is 0 Å². The van der Waals surface area contributed by atoms with Crippen LogP contribution < -0.4 is 0 Å². The third-order valence-electron chi connectivity index (χ3n) is 4.23. The highest BCUT2D eigenvalue weighted by Gasteiger charge is 2.22. The van der Waals surface area contributed by atoms with Crippen LogP contribution in [0.2, 0.25) is 0 Å². The average molecular weight is 351 g/mol. The topological polar surface area (TPSA) is 63.6 Å². The van der Waals surface area contributed by atoms with Gasteiger partial charge in [-0.3, -0.25) is 0 Å². The minimum Gasteiger partial charge on any atom is -0.396 e. The molecule has 23 heavy (non-hydrogen) atoms. The van der Waals surface area contributed by atoms with Crippen molar-refractivity contribution >= 4 is 9.84 Å². The van der Waals surface area contributed by atoms with Gasteiger partial charge in [0, 0.05) is 26.1 Å². The predicted octanol–water partition coefficient (Wildman–Crippen LogP) is 3.82. The van der Waals surface area contributed by atoms with E-state index in [-0.39, 0.29) is 23.2 Å². The first kappa shape index (κ1) is 22.9. The summed E-state index contributed by atoms with van der Waals surface area (Å²) >= 11 is 0. The Morgan fingerprint density at radius 3 is 1.74 bits per heavy atom. The summed E-state index contributed by atoms with van der Waals surface area (Å²) in [6.45, 7) is 10.2. The Hall–Kier alpha value is -0.130. The third-order valence-corrected chi connectivity index (χ3v) is 5.53. The Labute approximate surface area is 143 Å². The average Bonchev–Trinajstić information content (AvgIpc) is 2.33. The van der Waals surface area contributed by atoms with Crippen molar-refractivity contribution in [2.24, 2.45) is 10.8 Å². The van der Waals surface area contributed by atoms with Gasteiger partial charge in [0.1, 0.15) is 9.84 Å². The summed E-state index contributed by atoms with van der Waals surface area (Å²) in [6, 6.07) is 0. The summed E-state index contributed by atoms with van der Waals surface area (Å²) in [7, 11) is -2.90. The Morgan fingerprint density at radius 1 is 0.826 bits per heavy atom. The van der Waals surface area contributed by atoms with Gasteiger partial charge in [-0.2, -0.15) is 0 Å². The van der Waals surface area contributed by atoms with Gasteiger partial charge < -0.3 is 9.84 Å². The molecular weight excluding hydrogens is 312 g/mol. The van der Waals surface area contributed by atoms with Crippen molar-refractivity contribution in [2.75, 3.05) is 31.8 Å². The summed E-state index contributed by atoms with van der Waals surface area (Å²) in [4.78, 5) is 0. The largest absolute Gasteiger partial charge is 0.396 e. The predicted molar refractivity (Wildman–Crippen MR) is 97.5 cm³/mol. The molecule has 4 nitrogen and oxygen atoms in total. The van der Waals surface area contributed by atoms with Gasteiger partial charge in [-0.25, -0.2) is 8.42 Å². The Balaban J connectivity index is 3.57. The lowest BCUT2D eigenvalue weighted by Crippen LogP contribution is -2.23. The molecule has 0 atom stereocenters. The molecule has 0 saturated heterocycles. The number of aliphatic hydroxyl groups is 1. The molecule has 0 amide bonds. The van der Waals surface area contributed by atoms with Crippen LogP contribution in [0, 0.1) is 10.8 Å². The summed E-state index contributed by atoms with van der Waals surface area (Å²) in [5, 5.41) is 8.99. The summed E-state index contributed by atoms with van der Waals surface area (Å²) < 4.78 is 28.4. The zero-order valence-electron chi connectivity index (χ0n) is 15.9. The quantitative estimate of drug-likeness (QED) is 0.484. The van der Waals surface area contributed by atoms with Crippen LogP contribution in [0.5, 0.6) is 0 Å². The van der Waals surface area contributed by atoms with Crippen LogP contribution in [-0.4, -0.2) is 45.4 Å². The number of unbranched alkanes of at least 4 members (excludes halogenated alkanes) is 2. The third kappa shape index (κ3) is 15.2. The number of aliphatic hydroxyl groups excluding tert-OH is 1. The number of sulfone groups is 1. The van der Waals surface area contributed by atoms with Gasteiger partial charge in [0.15, 0.2) is 0 Å². The SMILES string of the molecule is CC(C)(CCO)CCCCOCCCCC(C)(C)CS(C)(=O)=O. The van der Waals surface area contributed by atoms with Gasteiger partial charge in [-0.15, -0.1) is 0 Å². The maximum absolute atomic E-state index is 11.4. The van der Waals surface area contributed by atoms with E-state index < -0.39 is 9.84 Å². The van der Waals surface area contributed by atoms with E-state index in [9.17, 15) is 8.42 Å². The van der Waals surface area contributed by atoms with Gasteiger partial charge in [0.2, 0.25) is 0 Å². The molecule has 0 aromatic carbocycles. The van der Waals surface area contributed by atoms with Crippen molar-refractivity contribution < 1.29 is 18.3 Å². The fourth-order valence-electron chi connectivity index (χ4n) is 2.93. The van der Waals surface area contributed by atoms with Crippen LogP contribution in [-0.2, 0) is 14.6 Å². The molecule has 0 fully saturated rings. The Bertz CT molecular complexity index is 399. The van der Waals surface area contributed by atoms with Crippen molar-refractivity contribution in [2.45, 2.75) is 72.6 Å². The number of hydrogen-bond donors (Lipinski definition) is 1. The van der Waals surface area contributed by atoms with Gasteiger partial charge >= 0.3 is 0 Å². The summed E-state index contributed by atoms with van der Waals surface area (Å²) in [6.07, 6.45) is 8.39. The smallest absolute Gasteiger partial charge is 0.147 e. The molecule has 0 aliphatic heterocycles. The number of ether oxygens (including phenoxy) is 1. The first-order valence-corrected chi connectivity index (χ1v) is 10.9. The highest BCUT2D eigenvalue weighted by atomic mass is 32.2. The van der Waals surface area contributed by atoms with E-state index in [1.54, 1.807) is 0 Å². The highest BCUT2D eigenvalue weighted by Crippen LogP contribution is 2.27. The van der Waals surface area contributed by atoms with E-state index in [0.29, 0.717) is 0 Å². The molecule has 0 heterocycles. The lowest BCUT2D eigenvalue weighted by molar-refractivity contribution is 0.119. The molecule has 0 aromatic heterocycles. The van der Waals surface area contributed by atoms with Crippen LogP contribution in [0.15, 0.2) is 0 Å². The molecule has 0 saturated carbocycles. The Kier molecular flexibility index (Phi) is 10.6. The summed E-state index contributed by atoms with van der Waals surface area (Å²) in [5.74, 6) is 0.254. The molecule has 0 spiro atoms. The molecule has 0 aliphatic carbocycles. The lowest BCUT2D eigenvalue weighted by Gasteiger charge is -2.23. The first-order valence-electron chi connectivity index (χ1n) is 8.84. The molecule has 0 radical (unpaired) electrons. The number of hydrogen-bond acceptors (Lipinski definition) is 4. The van der Waals surface area contributed by atoms with Crippen LogP contribution in [0.1, 0.15) is 72.6 Å². The van der Waals surface area contributed by atoms with Crippen LogP contribution in [0.3, 0.4) is 0 Å². The van der Waals surface area contributed by atoms with E-state index in [2.05, 4.69) is 13.8 Å². The molecule has 140 valence electrons. The lowest BCUT2D eigenvalue weighted by atomic mass is 9.84. The summed E-state index contributed by atoms with van der Waals surface area (Å²) in [5.41, 5.74) is 0.0752. The van der Waals surface area contributed by atoms with Crippen LogP contribution in [0.4, 0.5) is 0 Å². The fraction of sp³-hybridized carbons (Fsp3) is 1.00. The normalized spacial score (nSPS) is 13.5. The molecule has 5 heteroatoms. The zero-order chi connectivity index (χ0) is 18.0. The molecular formula is C18H38O4S. The molecule has 0 aliphatic rings. The van der Waals surface area contributed by atoms with Gasteiger partial charge in [-0.1, -0.05) is 40.5 Å². The highest BCUT2D eigenvalue weighted by molar-refractivity contribution is 7.90. The van der Waals surface area contributed by atoms with Crippen molar-refractivity contribution in [3.8, 4) is 0 Å². The fourth-order valence-corrected chi connectivity index (χ4v) is 4.49. The number of rotatable bonds is 14. The molecule has 0 rings (SSSR count). The minimum atomic E-state index is -2.90. The second kappa shape index (κ2) is 10.7. The van der Waals surface area contributed by atoms with E-state index in [0.717, 1.165) is 58.2 Å². The Morgan fingerprint density at radius 2 is 1.30 bits per heavy atom. The van der Waals surface area contributed by atoms with E-state index >= 15 is 0 Å². The molecule has 1 N–H and O–H groups in total. The maximum atomic E-state index is 11.4. The van der Waals surface area contributed by atoms with Gasteiger partial charge in [0.05, 0.1) is 5.75 Å². The van der Waals surface area contributed by atoms with Crippen LogP contribution >= 0.6 is 0 Å². The maximum Gasteiger partial charge on any atom is 0.147 e. The molecule has 0 aromatic rings. The van der Waals surface area contributed by atoms with Gasteiger partial charge in [-0.05, 0) is 42.9 Å². The second-order valence-corrected chi connectivity index (χ2v) is 10.5. The molecule has 0 unspecified atom stereocenters. The van der Waals surface area contributed by atoms with Gasteiger partial charge in [0.25, 0.3) is 0 Å². The van der Waals surface area contributed by atoms with Crippen LogP contribution in [0.25, 0.3) is 0 Å². The van der Waals surface area contributed by atoms with E-state index in [1.165, 1.54) is 6.26 Å². The standard InChI is InChI=1S/C18H38O4S/c1-17(2,12-13-19)10-6-8-14-22-15-9-7-11-18(3,4)16-23(5,20)21/h19H,6-16H2,1-5H3. The van der Waals surface area contributed by atoms with Crippen molar-refractivity contribution in [1.82, 2.24) is 0 Å². The molecule has 0 bridgehead atoms.